The zero-order valence-corrected chi connectivity index (χ0v) is 10.6. The third kappa shape index (κ3) is 5.32. The Morgan fingerprint density at radius 1 is 1.42 bits per heavy atom. The largest absolute Gasteiger partial charge is 0.370 e. The van der Waals surface area contributed by atoms with Crippen LogP contribution in [0.3, 0.4) is 0 Å². The van der Waals surface area contributed by atoms with Crippen LogP contribution in [0.1, 0.15) is 16.1 Å². The Hall–Kier alpha value is -2.19. The number of carbonyl (C=O) groups is 2. The smallest absolute Gasteiger partial charge is 0.251 e. The number of hydrazine groups is 1. The second-order valence-corrected chi connectivity index (χ2v) is 3.80. The van der Waals surface area contributed by atoms with E-state index >= 15 is 0 Å². The number of hydrogen-bond donors (Lipinski definition) is 4. The molecule has 0 spiro atoms. The highest BCUT2D eigenvalue weighted by molar-refractivity contribution is 5.94. The average Bonchev–Trinajstić information content (AvgIpc) is 2.36. The van der Waals surface area contributed by atoms with E-state index in [4.69, 9.17) is 16.3 Å². The van der Waals surface area contributed by atoms with Gasteiger partial charge < -0.3 is 21.2 Å². The molecule has 1 rings (SSSR count). The van der Waals surface area contributed by atoms with Gasteiger partial charge >= 0.3 is 0 Å². The van der Waals surface area contributed by atoms with E-state index in [9.17, 15) is 9.59 Å². The number of nitrogens with two attached hydrogens (primary N) is 2. The highest BCUT2D eigenvalue weighted by atomic mass is 16.5. The molecular formula is C11H17N5O3. The fraction of sp³-hybridized carbons (Fsp3) is 0.364. The first-order valence-electron chi connectivity index (χ1n) is 5.62. The topological polar surface area (TPSA) is 132 Å². The number of amides is 2. The van der Waals surface area contributed by atoms with Crippen LogP contribution in [0.5, 0.6) is 0 Å². The predicted octanol–water partition coefficient (Wildman–Crippen LogP) is -1.09. The molecule has 0 saturated heterocycles. The number of nitrogen functional groups attached to an aromatic ring is 1. The van der Waals surface area contributed by atoms with Crippen molar-refractivity contribution >= 4 is 17.6 Å². The summed E-state index contributed by atoms with van der Waals surface area (Å²) < 4.78 is 4.92. The number of aromatic nitrogens is 1. The van der Waals surface area contributed by atoms with Crippen molar-refractivity contribution < 1.29 is 14.3 Å². The van der Waals surface area contributed by atoms with Crippen molar-refractivity contribution in [3.63, 3.8) is 0 Å². The minimum absolute atomic E-state index is 0.161. The average molecular weight is 267 g/mol. The van der Waals surface area contributed by atoms with E-state index in [0.717, 1.165) is 0 Å². The van der Waals surface area contributed by atoms with Crippen molar-refractivity contribution in [2.24, 2.45) is 11.6 Å². The summed E-state index contributed by atoms with van der Waals surface area (Å²) in [7, 11) is 0. The minimum atomic E-state index is -0.547. The first-order chi connectivity index (χ1) is 9.02. The number of nitrogens with zero attached hydrogens (tertiary/aromatic N) is 1. The SMILES string of the molecule is Cc1cc(C(=O)NCCOCC(N)=O)cc(NN)n1. The molecule has 0 aliphatic heterocycles. The maximum atomic E-state index is 11.8. The molecule has 1 aromatic heterocycles. The summed E-state index contributed by atoms with van der Waals surface area (Å²) in [6.45, 7) is 2.08. The molecule has 8 nitrogen and oxygen atoms in total. The fourth-order valence-corrected chi connectivity index (χ4v) is 1.39. The number of carbonyl (C=O) groups excluding carboxylic acids is 2. The van der Waals surface area contributed by atoms with Crippen molar-refractivity contribution in [3.8, 4) is 0 Å². The van der Waals surface area contributed by atoms with Crippen LogP contribution in [-0.2, 0) is 9.53 Å². The Bertz CT molecular complexity index is 464. The zero-order valence-electron chi connectivity index (χ0n) is 10.6. The maximum absolute atomic E-state index is 11.8. The molecule has 0 aromatic carbocycles. The summed E-state index contributed by atoms with van der Waals surface area (Å²) in [6, 6.07) is 3.17. The van der Waals surface area contributed by atoms with Crippen LogP contribution in [0.25, 0.3) is 0 Å². The van der Waals surface area contributed by atoms with Gasteiger partial charge in [0.1, 0.15) is 12.4 Å². The molecule has 0 fully saturated rings. The van der Waals surface area contributed by atoms with Gasteiger partial charge in [-0.25, -0.2) is 10.8 Å². The second kappa shape index (κ2) is 7.29. The van der Waals surface area contributed by atoms with Gasteiger partial charge in [-0.05, 0) is 19.1 Å². The van der Waals surface area contributed by atoms with E-state index in [0.29, 0.717) is 17.1 Å². The third-order valence-corrected chi connectivity index (χ3v) is 2.14. The van der Waals surface area contributed by atoms with Crippen LogP contribution in [-0.4, -0.2) is 36.6 Å². The molecule has 8 heteroatoms. The quantitative estimate of drug-likeness (QED) is 0.282. The molecule has 0 aliphatic carbocycles. The van der Waals surface area contributed by atoms with E-state index in [-0.39, 0.29) is 25.7 Å². The van der Waals surface area contributed by atoms with Crippen molar-refractivity contribution in [3.05, 3.63) is 23.4 Å². The monoisotopic (exact) mass is 267 g/mol. The van der Waals surface area contributed by atoms with Crippen LogP contribution < -0.4 is 22.3 Å². The number of anilines is 1. The molecule has 0 bridgehead atoms. The van der Waals surface area contributed by atoms with Crippen LogP contribution in [0.2, 0.25) is 0 Å². The summed E-state index contributed by atoms with van der Waals surface area (Å²) in [6.07, 6.45) is 0. The lowest BCUT2D eigenvalue weighted by atomic mass is 10.2. The molecule has 104 valence electrons. The molecule has 0 atom stereocenters. The minimum Gasteiger partial charge on any atom is -0.370 e. The first kappa shape index (κ1) is 14.9. The van der Waals surface area contributed by atoms with Crippen molar-refractivity contribution in [2.45, 2.75) is 6.92 Å². The Kier molecular flexibility index (Phi) is 5.71. The van der Waals surface area contributed by atoms with Gasteiger partial charge in [0.15, 0.2) is 0 Å². The molecule has 0 aliphatic rings. The number of nitrogens with one attached hydrogen (secondary N) is 2. The number of pyridine rings is 1. The van der Waals surface area contributed by atoms with E-state index in [1.807, 2.05) is 0 Å². The Morgan fingerprint density at radius 3 is 2.79 bits per heavy atom. The van der Waals surface area contributed by atoms with Gasteiger partial charge in [-0.15, -0.1) is 0 Å². The highest BCUT2D eigenvalue weighted by Crippen LogP contribution is 2.08. The Balaban J connectivity index is 2.45. The van der Waals surface area contributed by atoms with E-state index in [1.165, 1.54) is 6.07 Å². The van der Waals surface area contributed by atoms with Gasteiger partial charge in [0, 0.05) is 17.8 Å². The number of aryl methyl sites for hydroxylation is 1. The summed E-state index contributed by atoms with van der Waals surface area (Å²) in [5.74, 6) is 4.84. The highest BCUT2D eigenvalue weighted by Gasteiger charge is 2.07. The maximum Gasteiger partial charge on any atom is 0.251 e. The summed E-state index contributed by atoms with van der Waals surface area (Å²) in [5, 5.41) is 2.64. The van der Waals surface area contributed by atoms with Crippen molar-refractivity contribution in [1.82, 2.24) is 10.3 Å². The van der Waals surface area contributed by atoms with Gasteiger partial charge in [0.2, 0.25) is 5.91 Å². The Labute approximate surface area is 110 Å². The molecule has 19 heavy (non-hydrogen) atoms. The number of rotatable bonds is 7. The zero-order chi connectivity index (χ0) is 14.3. The lowest BCUT2D eigenvalue weighted by Crippen LogP contribution is -2.29. The Morgan fingerprint density at radius 2 is 2.16 bits per heavy atom. The molecule has 2 amide bonds. The van der Waals surface area contributed by atoms with Crippen LogP contribution in [0.15, 0.2) is 12.1 Å². The van der Waals surface area contributed by atoms with E-state index < -0.39 is 5.91 Å². The molecule has 0 saturated carbocycles. The van der Waals surface area contributed by atoms with Gasteiger partial charge in [0.05, 0.1) is 6.61 Å². The molecular weight excluding hydrogens is 250 g/mol. The second-order valence-electron chi connectivity index (χ2n) is 3.80. The van der Waals surface area contributed by atoms with Crippen LogP contribution >= 0.6 is 0 Å². The van der Waals surface area contributed by atoms with Crippen molar-refractivity contribution in [2.75, 3.05) is 25.2 Å². The fourth-order valence-electron chi connectivity index (χ4n) is 1.39. The van der Waals surface area contributed by atoms with Gasteiger partial charge in [0.25, 0.3) is 5.91 Å². The van der Waals surface area contributed by atoms with E-state index in [2.05, 4.69) is 15.7 Å². The summed E-state index contributed by atoms with van der Waals surface area (Å²) in [4.78, 5) is 26.3. The van der Waals surface area contributed by atoms with Gasteiger partial charge in [-0.2, -0.15) is 0 Å². The van der Waals surface area contributed by atoms with Gasteiger partial charge in [-0.1, -0.05) is 0 Å². The van der Waals surface area contributed by atoms with Crippen molar-refractivity contribution in [1.29, 1.82) is 0 Å². The molecule has 6 N–H and O–H groups in total. The lowest BCUT2D eigenvalue weighted by Gasteiger charge is -2.07. The number of hydrogen-bond acceptors (Lipinski definition) is 6. The number of ether oxygens (including phenoxy) is 1. The summed E-state index contributed by atoms with van der Waals surface area (Å²) >= 11 is 0. The standard InChI is InChI=1S/C11H17N5O3/c1-7-4-8(5-10(15-7)16-13)11(18)14-2-3-19-6-9(12)17/h4-5H,2-3,6,13H2,1H3,(H2,12,17)(H,14,18)(H,15,16). The predicted molar refractivity (Wildman–Crippen MR) is 69.1 cm³/mol. The van der Waals surface area contributed by atoms with Gasteiger partial charge in [-0.3, -0.25) is 9.59 Å². The molecule has 1 heterocycles. The lowest BCUT2D eigenvalue weighted by molar-refractivity contribution is -0.122. The normalized spacial score (nSPS) is 10.0. The van der Waals surface area contributed by atoms with Crippen LogP contribution in [0, 0.1) is 6.92 Å². The third-order valence-electron chi connectivity index (χ3n) is 2.14. The van der Waals surface area contributed by atoms with Crippen LogP contribution in [0.4, 0.5) is 5.82 Å². The number of primary amides is 1. The molecule has 1 aromatic rings. The molecule has 0 radical (unpaired) electrons. The summed E-state index contributed by atoms with van der Waals surface area (Å²) in [5.41, 5.74) is 8.39. The first-order valence-corrected chi connectivity index (χ1v) is 5.62. The van der Waals surface area contributed by atoms with E-state index in [1.54, 1.807) is 13.0 Å². The molecule has 0 unspecified atom stereocenters.